The lowest BCUT2D eigenvalue weighted by atomic mass is 10.1. The number of urea groups is 1. The molecule has 0 saturated carbocycles. The Morgan fingerprint density at radius 2 is 2.35 bits per heavy atom. The molecule has 1 aromatic rings. The van der Waals surface area contributed by atoms with Crippen LogP contribution in [-0.2, 0) is 11.3 Å². The largest absolute Gasteiger partial charge is 0.405 e. The van der Waals surface area contributed by atoms with Crippen molar-refractivity contribution in [1.82, 2.24) is 15.1 Å². The number of anilines is 1. The zero-order chi connectivity index (χ0) is 14.6. The average molecular weight is 292 g/mol. The van der Waals surface area contributed by atoms with Gasteiger partial charge < -0.3 is 10.1 Å². The number of carbonyl (C=O) groups excluding carboxylic acids is 1. The van der Waals surface area contributed by atoms with Gasteiger partial charge in [0.05, 0.1) is 12.8 Å². The molecule has 1 aromatic heterocycles. The molecule has 2 rings (SSSR count). The van der Waals surface area contributed by atoms with Crippen molar-refractivity contribution in [3.8, 4) is 0 Å². The number of nitrogens with one attached hydrogen (secondary N) is 2. The molecule has 2 amide bonds. The van der Waals surface area contributed by atoms with Crippen molar-refractivity contribution in [1.29, 1.82) is 0 Å². The fourth-order valence-corrected chi connectivity index (χ4v) is 1.90. The Morgan fingerprint density at radius 1 is 1.55 bits per heavy atom. The first-order chi connectivity index (χ1) is 9.44. The lowest BCUT2D eigenvalue weighted by Crippen LogP contribution is -2.37. The highest BCUT2D eigenvalue weighted by Gasteiger charge is 2.28. The van der Waals surface area contributed by atoms with E-state index in [1.807, 2.05) is 0 Å². The van der Waals surface area contributed by atoms with Crippen LogP contribution in [0.15, 0.2) is 12.3 Å². The smallest absolute Gasteiger partial charge is 0.381 e. The lowest BCUT2D eigenvalue weighted by Gasteiger charge is -2.13. The van der Waals surface area contributed by atoms with E-state index in [0.717, 1.165) is 6.42 Å². The summed E-state index contributed by atoms with van der Waals surface area (Å²) in [6.07, 6.45) is -2.05. The third-order valence-electron chi connectivity index (χ3n) is 2.86. The molecule has 1 saturated heterocycles. The molecule has 0 spiro atoms. The predicted octanol–water partition coefficient (Wildman–Crippen LogP) is 1.60. The van der Waals surface area contributed by atoms with Crippen LogP contribution in [0.3, 0.4) is 0 Å². The Hall–Kier alpha value is -1.77. The van der Waals surface area contributed by atoms with E-state index >= 15 is 0 Å². The van der Waals surface area contributed by atoms with Crippen LogP contribution < -0.4 is 10.6 Å². The minimum absolute atomic E-state index is 0.300. The van der Waals surface area contributed by atoms with E-state index in [4.69, 9.17) is 4.74 Å². The summed E-state index contributed by atoms with van der Waals surface area (Å²) in [5, 5.41) is 8.13. The lowest BCUT2D eigenvalue weighted by molar-refractivity contribution is -0.122. The summed E-state index contributed by atoms with van der Waals surface area (Å²) < 4.78 is 42.7. The molecule has 0 aliphatic carbocycles. The van der Waals surface area contributed by atoms with Gasteiger partial charge in [-0.3, -0.25) is 5.32 Å². The molecule has 0 unspecified atom stereocenters. The highest BCUT2D eigenvalue weighted by Crippen LogP contribution is 2.17. The van der Waals surface area contributed by atoms with E-state index in [1.54, 1.807) is 10.00 Å². The minimum Gasteiger partial charge on any atom is -0.381 e. The Kier molecular flexibility index (Phi) is 4.48. The molecular weight excluding hydrogens is 277 g/mol. The first kappa shape index (κ1) is 14.6. The van der Waals surface area contributed by atoms with Crippen molar-refractivity contribution in [2.75, 3.05) is 25.1 Å². The van der Waals surface area contributed by atoms with Crippen molar-refractivity contribution < 1.29 is 22.7 Å². The first-order valence-electron chi connectivity index (χ1n) is 6.15. The number of ether oxygens (including phenoxy) is 1. The normalized spacial score (nSPS) is 19.1. The molecule has 9 heteroatoms. The highest BCUT2D eigenvalue weighted by atomic mass is 19.4. The fourth-order valence-electron chi connectivity index (χ4n) is 1.90. The van der Waals surface area contributed by atoms with Gasteiger partial charge in [0.25, 0.3) is 0 Å². The molecule has 1 aliphatic heterocycles. The molecule has 1 fully saturated rings. The minimum atomic E-state index is -4.43. The van der Waals surface area contributed by atoms with E-state index < -0.39 is 18.8 Å². The molecule has 6 nitrogen and oxygen atoms in total. The van der Waals surface area contributed by atoms with Crippen LogP contribution in [-0.4, -0.2) is 41.7 Å². The van der Waals surface area contributed by atoms with E-state index in [0.29, 0.717) is 31.5 Å². The average Bonchev–Trinajstić information content (AvgIpc) is 2.99. The topological polar surface area (TPSA) is 68.2 Å². The maximum atomic E-state index is 12.0. The SMILES string of the molecule is O=C(NCC(F)(F)F)Nc1ccnn1C[C@@H]1CCOC1. The quantitative estimate of drug-likeness (QED) is 0.885. The van der Waals surface area contributed by atoms with Crippen LogP contribution >= 0.6 is 0 Å². The van der Waals surface area contributed by atoms with Gasteiger partial charge >= 0.3 is 12.2 Å². The molecule has 0 bridgehead atoms. The van der Waals surface area contributed by atoms with Gasteiger partial charge in [0.1, 0.15) is 12.4 Å². The van der Waals surface area contributed by atoms with Gasteiger partial charge in [-0.2, -0.15) is 18.3 Å². The third kappa shape index (κ3) is 4.41. The van der Waals surface area contributed by atoms with Crippen LogP contribution in [0.2, 0.25) is 0 Å². The Balaban J connectivity index is 1.86. The third-order valence-corrected chi connectivity index (χ3v) is 2.86. The van der Waals surface area contributed by atoms with Crippen molar-refractivity contribution in [2.45, 2.75) is 19.1 Å². The molecule has 0 aromatic carbocycles. The van der Waals surface area contributed by atoms with Gasteiger partial charge in [0.15, 0.2) is 0 Å². The van der Waals surface area contributed by atoms with Crippen molar-refractivity contribution >= 4 is 11.8 Å². The molecule has 1 atom stereocenters. The maximum Gasteiger partial charge on any atom is 0.405 e. The molecule has 0 radical (unpaired) electrons. The number of carbonyl (C=O) groups is 1. The Morgan fingerprint density at radius 3 is 3.00 bits per heavy atom. The van der Waals surface area contributed by atoms with Crippen LogP contribution in [0.5, 0.6) is 0 Å². The monoisotopic (exact) mass is 292 g/mol. The van der Waals surface area contributed by atoms with Crippen LogP contribution in [0.25, 0.3) is 0 Å². The summed E-state index contributed by atoms with van der Waals surface area (Å²) in [5.41, 5.74) is 0. The van der Waals surface area contributed by atoms with Gasteiger partial charge in [0.2, 0.25) is 0 Å². The number of hydrogen-bond donors (Lipinski definition) is 2. The van der Waals surface area contributed by atoms with E-state index in [9.17, 15) is 18.0 Å². The number of aromatic nitrogens is 2. The van der Waals surface area contributed by atoms with Gasteiger partial charge in [-0.05, 0) is 6.42 Å². The van der Waals surface area contributed by atoms with Crippen LogP contribution in [0, 0.1) is 5.92 Å². The summed E-state index contributed by atoms with van der Waals surface area (Å²) in [6.45, 7) is 0.506. The zero-order valence-corrected chi connectivity index (χ0v) is 10.6. The first-order valence-corrected chi connectivity index (χ1v) is 6.15. The molecular formula is C11H15F3N4O2. The fraction of sp³-hybridized carbons (Fsp3) is 0.636. The number of halogens is 3. The van der Waals surface area contributed by atoms with Gasteiger partial charge in [-0.1, -0.05) is 0 Å². The predicted molar refractivity (Wildman–Crippen MR) is 64.2 cm³/mol. The zero-order valence-electron chi connectivity index (χ0n) is 10.6. The van der Waals surface area contributed by atoms with Crippen molar-refractivity contribution in [2.24, 2.45) is 5.92 Å². The molecule has 1 aliphatic rings. The Bertz CT molecular complexity index is 455. The summed E-state index contributed by atoms with van der Waals surface area (Å²) in [4.78, 5) is 11.4. The summed E-state index contributed by atoms with van der Waals surface area (Å²) >= 11 is 0. The van der Waals surface area contributed by atoms with Gasteiger partial charge in [0, 0.05) is 25.1 Å². The summed E-state index contributed by atoms with van der Waals surface area (Å²) in [7, 11) is 0. The number of alkyl halides is 3. The second-order valence-electron chi connectivity index (χ2n) is 4.55. The van der Waals surface area contributed by atoms with Crippen LogP contribution in [0.4, 0.5) is 23.8 Å². The van der Waals surface area contributed by atoms with E-state index in [-0.39, 0.29) is 0 Å². The molecule has 2 heterocycles. The second kappa shape index (κ2) is 6.12. The molecule has 112 valence electrons. The van der Waals surface area contributed by atoms with Crippen molar-refractivity contribution in [3.05, 3.63) is 12.3 Å². The standard InChI is InChI=1S/C11H15F3N4O2/c12-11(13,14)7-15-10(19)17-9-1-3-16-18(9)5-8-2-4-20-6-8/h1,3,8H,2,4-7H2,(H2,15,17,19)/t8-/m0/s1. The number of amides is 2. The van der Waals surface area contributed by atoms with Gasteiger partial charge in [-0.25, -0.2) is 9.48 Å². The highest BCUT2D eigenvalue weighted by molar-refractivity contribution is 5.88. The van der Waals surface area contributed by atoms with Gasteiger partial charge in [-0.15, -0.1) is 0 Å². The summed E-state index contributed by atoms with van der Waals surface area (Å²) in [6, 6.07) is 0.620. The van der Waals surface area contributed by atoms with Crippen molar-refractivity contribution in [3.63, 3.8) is 0 Å². The second-order valence-corrected chi connectivity index (χ2v) is 4.55. The Labute approximate surface area is 113 Å². The van der Waals surface area contributed by atoms with E-state index in [1.165, 1.54) is 12.3 Å². The maximum absolute atomic E-state index is 12.0. The molecule has 2 N–H and O–H groups in total. The van der Waals surface area contributed by atoms with E-state index in [2.05, 4.69) is 10.4 Å². The number of hydrogen-bond acceptors (Lipinski definition) is 3. The molecule has 20 heavy (non-hydrogen) atoms. The summed E-state index contributed by atoms with van der Waals surface area (Å²) in [5.74, 6) is 0.658. The number of nitrogens with zero attached hydrogens (tertiary/aromatic N) is 2. The van der Waals surface area contributed by atoms with Crippen LogP contribution in [0.1, 0.15) is 6.42 Å². The number of rotatable bonds is 4.